The van der Waals surface area contributed by atoms with E-state index < -0.39 is 0 Å². The van der Waals surface area contributed by atoms with Crippen LogP contribution in [0.5, 0.6) is 0 Å². The molecule has 0 aromatic heterocycles. The molecule has 66 valence electrons. The van der Waals surface area contributed by atoms with Gasteiger partial charge in [0.25, 0.3) is 0 Å². The lowest BCUT2D eigenvalue weighted by atomic mass is 10.1. The van der Waals surface area contributed by atoms with Crippen molar-refractivity contribution in [3.05, 3.63) is 34.1 Å². The highest BCUT2D eigenvalue weighted by Crippen LogP contribution is 2.18. The minimum absolute atomic E-state index is 0.241. The lowest BCUT2D eigenvalue weighted by Gasteiger charge is -2.02. The lowest BCUT2D eigenvalue weighted by Crippen LogP contribution is -2.05. The summed E-state index contributed by atoms with van der Waals surface area (Å²) in [5.74, 6) is 4.59. The highest BCUT2D eigenvalue weighted by Gasteiger charge is 2.04. The Balaban J connectivity index is 2.78. The molecule has 0 atom stereocenters. The molecule has 0 bridgehead atoms. The second-order valence-electron chi connectivity index (χ2n) is 2.33. The van der Waals surface area contributed by atoms with Gasteiger partial charge in [0.05, 0.1) is 11.1 Å². The van der Waals surface area contributed by atoms with Gasteiger partial charge in [-0.1, -0.05) is 12.1 Å². The van der Waals surface area contributed by atoms with E-state index in [0.717, 1.165) is 0 Å². The van der Waals surface area contributed by atoms with Crippen molar-refractivity contribution in [3.63, 3.8) is 0 Å². The molecule has 0 saturated heterocycles. The second kappa shape index (κ2) is 4.54. The van der Waals surface area contributed by atoms with Crippen LogP contribution in [-0.4, -0.2) is 6.61 Å². The van der Waals surface area contributed by atoms with E-state index in [0.29, 0.717) is 23.1 Å². The lowest BCUT2D eigenvalue weighted by molar-refractivity contribution is 0.140. The number of benzene rings is 1. The van der Waals surface area contributed by atoms with Crippen LogP contribution in [0.25, 0.3) is 0 Å². The number of hydrogen-bond acceptors (Lipinski definition) is 2. The minimum atomic E-state index is -0.241. The van der Waals surface area contributed by atoms with E-state index in [1.54, 1.807) is 18.2 Å². The Labute approximate surface area is 78.6 Å². The van der Waals surface area contributed by atoms with Crippen LogP contribution in [0.2, 0.25) is 0 Å². The van der Waals surface area contributed by atoms with Gasteiger partial charge in [-0.3, -0.25) is 0 Å². The van der Waals surface area contributed by atoms with Crippen LogP contribution in [0, 0.1) is 5.82 Å². The van der Waals surface area contributed by atoms with Crippen LogP contribution in [-0.2, 0) is 11.3 Å². The second-order valence-corrected chi connectivity index (χ2v) is 3.19. The van der Waals surface area contributed by atoms with Crippen molar-refractivity contribution in [2.75, 3.05) is 6.61 Å². The molecule has 1 aromatic rings. The Morgan fingerprint density at radius 2 is 2.25 bits per heavy atom. The molecule has 0 aliphatic rings. The van der Waals surface area contributed by atoms with Crippen LogP contribution >= 0.6 is 15.9 Å². The van der Waals surface area contributed by atoms with Gasteiger partial charge in [-0.15, -0.1) is 0 Å². The Bertz CT molecular complexity index is 267. The van der Waals surface area contributed by atoms with Crippen molar-refractivity contribution in [3.8, 4) is 0 Å². The molecule has 1 rings (SSSR count). The van der Waals surface area contributed by atoms with E-state index >= 15 is 0 Å². The van der Waals surface area contributed by atoms with Gasteiger partial charge in [0.2, 0.25) is 0 Å². The molecule has 4 heteroatoms. The zero-order valence-corrected chi connectivity index (χ0v) is 7.97. The van der Waals surface area contributed by atoms with Gasteiger partial charge in [-0.25, -0.2) is 10.3 Å². The van der Waals surface area contributed by atoms with Crippen molar-refractivity contribution in [2.45, 2.75) is 6.42 Å². The normalized spacial score (nSPS) is 10.2. The standard InChI is InChI=1S/C8H9BrFNO/c9-7-3-1-2-6(8(7)10)4-5-12-11/h1-3H,4-5,11H2. The molecule has 0 amide bonds. The molecule has 0 aliphatic heterocycles. The summed E-state index contributed by atoms with van der Waals surface area (Å²) in [7, 11) is 0. The maximum atomic E-state index is 13.2. The Morgan fingerprint density at radius 1 is 1.50 bits per heavy atom. The van der Waals surface area contributed by atoms with Crippen LogP contribution in [0.4, 0.5) is 4.39 Å². The maximum absolute atomic E-state index is 13.2. The van der Waals surface area contributed by atoms with E-state index in [1.165, 1.54) is 0 Å². The fourth-order valence-electron chi connectivity index (χ4n) is 0.910. The predicted octanol–water partition coefficient (Wildman–Crippen LogP) is 2.02. The van der Waals surface area contributed by atoms with Crippen molar-refractivity contribution >= 4 is 15.9 Å². The molecule has 2 N–H and O–H groups in total. The summed E-state index contributed by atoms with van der Waals surface area (Å²) in [5, 5.41) is 0. The summed E-state index contributed by atoms with van der Waals surface area (Å²) in [6.07, 6.45) is 0.488. The first-order valence-corrected chi connectivity index (χ1v) is 4.29. The summed E-state index contributed by atoms with van der Waals surface area (Å²) >= 11 is 3.09. The minimum Gasteiger partial charge on any atom is -0.304 e. The Morgan fingerprint density at radius 3 is 2.92 bits per heavy atom. The van der Waals surface area contributed by atoms with Crippen LogP contribution in [0.1, 0.15) is 5.56 Å². The molecule has 0 unspecified atom stereocenters. The van der Waals surface area contributed by atoms with E-state index in [-0.39, 0.29) is 5.82 Å². The molecule has 0 aliphatic carbocycles. The van der Waals surface area contributed by atoms with E-state index in [1.807, 2.05) is 0 Å². The zero-order valence-electron chi connectivity index (χ0n) is 6.39. The fraction of sp³-hybridized carbons (Fsp3) is 0.250. The van der Waals surface area contributed by atoms with Crippen molar-refractivity contribution in [2.24, 2.45) is 5.90 Å². The van der Waals surface area contributed by atoms with Gasteiger partial charge in [0.1, 0.15) is 5.82 Å². The maximum Gasteiger partial charge on any atom is 0.140 e. The van der Waals surface area contributed by atoms with Crippen molar-refractivity contribution < 1.29 is 9.23 Å². The molecule has 0 saturated carbocycles. The first kappa shape index (κ1) is 9.64. The average molecular weight is 234 g/mol. The summed E-state index contributed by atoms with van der Waals surface area (Å²) in [6, 6.07) is 5.14. The molecule has 0 spiro atoms. The first-order valence-electron chi connectivity index (χ1n) is 3.50. The van der Waals surface area contributed by atoms with Gasteiger partial charge in [-0.2, -0.15) is 0 Å². The van der Waals surface area contributed by atoms with E-state index in [4.69, 9.17) is 5.90 Å². The predicted molar refractivity (Wildman–Crippen MR) is 47.9 cm³/mol. The van der Waals surface area contributed by atoms with Crippen molar-refractivity contribution in [1.29, 1.82) is 0 Å². The summed E-state index contributed by atoms with van der Waals surface area (Å²) in [4.78, 5) is 4.36. The van der Waals surface area contributed by atoms with Gasteiger partial charge < -0.3 is 4.84 Å². The number of hydrogen-bond donors (Lipinski definition) is 1. The van der Waals surface area contributed by atoms with Gasteiger partial charge in [0, 0.05) is 6.42 Å². The van der Waals surface area contributed by atoms with Crippen LogP contribution in [0.3, 0.4) is 0 Å². The molecular formula is C8H9BrFNO. The molecule has 0 fully saturated rings. The zero-order chi connectivity index (χ0) is 8.97. The van der Waals surface area contributed by atoms with Gasteiger partial charge in [0.15, 0.2) is 0 Å². The molecule has 1 aromatic carbocycles. The summed E-state index contributed by atoms with van der Waals surface area (Å²) in [5.41, 5.74) is 0.606. The molecule has 12 heavy (non-hydrogen) atoms. The SMILES string of the molecule is NOCCc1cccc(Br)c1F. The topological polar surface area (TPSA) is 35.2 Å². The summed E-state index contributed by atoms with van der Waals surface area (Å²) in [6.45, 7) is 0.327. The molecular weight excluding hydrogens is 225 g/mol. The van der Waals surface area contributed by atoms with E-state index in [2.05, 4.69) is 20.8 Å². The number of halogens is 2. The smallest absolute Gasteiger partial charge is 0.140 e. The Hall–Kier alpha value is -0.450. The first-order chi connectivity index (χ1) is 5.75. The fourth-order valence-corrected chi connectivity index (χ4v) is 1.32. The molecule has 0 radical (unpaired) electrons. The highest BCUT2D eigenvalue weighted by molar-refractivity contribution is 9.10. The Kier molecular flexibility index (Phi) is 3.65. The average Bonchev–Trinajstić information content (AvgIpc) is 2.08. The monoisotopic (exact) mass is 233 g/mol. The third-order valence-electron chi connectivity index (χ3n) is 1.52. The third-order valence-corrected chi connectivity index (χ3v) is 2.13. The van der Waals surface area contributed by atoms with Crippen molar-refractivity contribution in [1.82, 2.24) is 0 Å². The highest BCUT2D eigenvalue weighted by atomic mass is 79.9. The quantitative estimate of drug-likeness (QED) is 0.812. The summed E-state index contributed by atoms with van der Waals surface area (Å²) < 4.78 is 13.7. The molecule has 0 heterocycles. The van der Waals surface area contributed by atoms with Gasteiger partial charge >= 0.3 is 0 Å². The van der Waals surface area contributed by atoms with Crippen LogP contribution in [0.15, 0.2) is 22.7 Å². The van der Waals surface area contributed by atoms with Crippen LogP contribution < -0.4 is 5.90 Å². The number of rotatable bonds is 3. The number of nitrogens with two attached hydrogens (primary N) is 1. The van der Waals surface area contributed by atoms with E-state index in [9.17, 15) is 4.39 Å². The largest absolute Gasteiger partial charge is 0.304 e. The molecule has 2 nitrogen and oxygen atoms in total. The third kappa shape index (κ3) is 2.27. The van der Waals surface area contributed by atoms with Gasteiger partial charge in [-0.05, 0) is 27.6 Å².